The number of benzene rings is 2. The average Bonchev–Trinajstić information content (AvgIpc) is 3.24. The van der Waals surface area contributed by atoms with Gasteiger partial charge in [0.2, 0.25) is 5.91 Å². The third-order valence-electron chi connectivity index (χ3n) is 4.85. The summed E-state index contributed by atoms with van der Waals surface area (Å²) < 4.78 is 0. The molecule has 1 aliphatic rings. The molecule has 2 N–H and O–H groups in total. The number of aliphatic imine (C=N–C) groups is 1. The summed E-state index contributed by atoms with van der Waals surface area (Å²) in [6.07, 6.45) is 1.16. The number of carbonyl (C=O) groups excluding carboxylic acids is 1. The predicted octanol–water partition coefficient (Wildman–Crippen LogP) is 4.00. The molecule has 162 valence electrons. The van der Waals surface area contributed by atoms with E-state index < -0.39 is 0 Å². The van der Waals surface area contributed by atoms with Crippen LogP contribution in [0.25, 0.3) is 0 Å². The van der Waals surface area contributed by atoms with E-state index in [0.717, 1.165) is 43.3 Å². The average molecular weight is 538 g/mol. The van der Waals surface area contributed by atoms with Crippen LogP contribution in [0, 0.1) is 5.92 Å². The zero-order chi connectivity index (χ0) is 20.3. The first-order chi connectivity index (χ1) is 14.2. The molecule has 1 aliphatic heterocycles. The van der Waals surface area contributed by atoms with Crippen LogP contribution in [0.15, 0.2) is 70.6 Å². The van der Waals surface area contributed by atoms with E-state index in [4.69, 9.17) is 0 Å². The first kappa shape index (κ1) is 24.5. The molecule has 1 fully saturated rings. The van der Waals surface area contributed by atoms with Gasteiger partial charge < -0.3 is 15.5 Å². The van der Waals surface area contributed by atoms with Crippen LogP contribution >= 0.6 is 35.7 Å². The Balaban J connectivity index is 0.00000320. The minimum absolute atomic E-state index is 0. The van der Waals surface area contributed by atoms with E-state index >= 15 is 0 Å². The number of likely N-dealkylation sites (tertiary alicyclic amines) is 1. The third-order valence-corrected chi connectivity index (χ3v) is 6.10. The molecule has 0 radical (unpaired) electrons. The maximum atomic E-state index is 12.2. The molecule has 0 aromatic heterocycles. The van der Waals surface area contributed by atoms with Crippen LogP contribution in [0.3, 0.4) is 0 Å². The zero-order valence-electron chi connectivity index (χ0n) is 17.4. The van der Waals surface area contributed by atoms with E-state index in [0.29, 0.717) is 12.5 Å². The van der Waals surface area contributed by atoms with Gasteiger partial charge in [-0.05, 0) is 37.0 Å². The normalized spacial score (nSPS) is 16.1. The Morgan fingerprint density at radius 2 is 1.80 bits per heavy atom. The first-order valence-corrected chi connectivity index (χ1v) is 11.2. The lowest BCUT2D eigenvalue weighted by molar-refractivity contribution is -0.119. The van der Waals surface area contributed by atoms with E-state index in [1.165, 1.54) is 4.90 Å². The van der Waals surface area contributed by atoms with Crippen molar-refractivity contribution < 1.29 is 4.79 Å². The van der Waals surface area contributed by atoms with Crippen LogP contribution in [0.1, 0.15) is 18.9 Å². The number of nitrogens with one attached hydrogen (secondary N) is 2. The van der Waals surface area contributed by atoms with E-state index in [-0.39, 0.29) is 36.4 Å². The van der Waals surface area contributed by atoms with Crippen LogP contribution in [0.2, 0.25) is 0 Å². The number of rotatable bonds is 8. The minimum Gasteiger partial charge on any atom is -0.357 e. The molecule has 2 aromatic carbocycles. The Morgan fingerprint density at radius 3 is 2.50 bits per heavy atom. The first-order valence-electron chi connectivity index (χ1n) is 10.3. The number of amides is 1. The van der Waals surface area contributed by atoms with Crippen LogP contribution in [0.5, 0.6) is 0 Å². The Bertz CT molecular complexity index is 788. The Hall–Kier alpha value is -1.74. The number of carbonyl (C=O) groups is 1. The monoisotopic (exact) mass is 538 g/mol. The summed E-state index contributed by atoms with van der Waals surface area (Å²) >= 11 is 1.92. The highest BCUT2D eigenvalue weighted by Crippen LogP contribution is 2.25. The van der Waals surface area contributed by atoms with Gasteiger partial charge in [0.05, 0.1) is 0 Å². The number of hydrogen-bond acceptors (Lipinski definition) is 3. The zero-order valence-corrected chi connectivity index (χ0v) is 20.6. The van der Waals surface area contributed by atoms with Gasteiger partial charge in [0.1, 0.15) is 6.54 Å². The van der Waals surface area contributed by atoms with Gasteiger partial charge in [-0.2, -0.15) is 0 Å². The van der Waals surface area contributed by atoms with Crippen molar-refractivity contribution in [3.63, 3.8) is 0 Å². The van der Waals surface area contributed by atoms with Gasteiger partial charge in [-0.25, -0.2) is 4.99 Å². The fourth-order valence-corrected chi connectivity index (χ4v) is 4.37. The van der Waals surface area contributed by atoms with E-state index in [2.05, 4.69) is 57.8 Å². The second-order valence-corrected chi connectivity index (χ2v) is 8.25. The predicted molar refractivity (Wildman–Crippen MR) is 137 cm³/mol. The molecule has 1 unspecified atom stereocenters. The molecule has 0 spiro atoms. The molecule has 1 atom stereocenters. The molecule has 1 heterocycles. The van der Waals surface area contributed by atoms with Crippen molar-refractivity contribution in [2.24, 2.45) is 10.9 Å². The maximum absolute atomic E-state index is 12.2. The molecular weight excluding hydrogens is 507 g/mol. The lowest BCUT2D eigenvalue weighted by Gasteiger charge is -2.21. The highest BCUT2D eigenvalue weighted by molar-refractivity contribution is 14.0. The molecule has 3 rings (SSSR count). The summed E-state index contributed by atoms with van der Waals surface area (Å²) in [5, 5.41) is 6.28. The van der Waals surface area contributed by atoms with Crippen LogP contribution in [-0.2, 0) is 11.3 Å². The number of nitrogens with zero attached hydrogens (tertiary/aromatic N) is 2. The van der Waals surface area contributed by atoms with Crippen molar-refractivity contribution in [1.29, 1.82) is 0 Å². The summed E-state index contributed by atoms with van der Waals surface area (Å²) in [5.41, 5.74) is 1.09. The SMILES string of the molecule is CCNC(=NCC(=O)NCc1ccccc1)N1CCC(CSc2ccccc2)C1.I. The summed E-state index contributed by atoms with van der Waals surface area (Å²) in [7, 11) is 0. The standard InChI is InChI=1S/C23H30N4OS.HI/c1-2-24-23(26-16-22(28)25-15-19-9-5-3-6-10-19)27-14-13-20(17-27)18-29-21-11-7-4-8-12-21;/h3-12,20H,2,13-18H2,1H3,(H,24,26)(H,25,28);1H. The van der Waals surface area contributed by atoms with Crippen molar-refractivity contribution in [2.75, 3.05) is 31.9 Å². The van der Waals surface area contributed by atoms with Crippen LogP contribution in [0.4, 0.5) is 0 Å². The van der Waals surface area contributed by atoms with E-state index in [1.54, 1.807) is 0 Å². The summed E-state index contributed by atoms with van der Waals surface area (Å²) in [5.74, 6) is 2.53. The van der Waals surface area contributed by atoms with Crippen molar-refractivity contribution in [3.05, 3.63) is 66.2 Å². The van der Waals surface area contributed by atoms with Crippen LogP contribution < -0.4 is 10.6 Å². The number of halogens is 1. The Kier molecular flexibility index (Phi) is 11.1. The van der Waals surface area contributed by atoms with Gasteiger partial charge >= 0.3 is 0 Å². The van der Waals surface area contributed by atoms with Gasteiger partial charge in [-0.1, -0.05) is 48.5 Å². The smallest absolute Gasteiger partial charge is 0.242 e. The van der Waals surface area contributed by atoms with Crippen molar-refractivity contribution in [2.45, 2.75) is 24.8 Å². The van der Waals surface area contributed by atoms with Gasteiger partial charge in [-0.3, -0.25) is 4.79 Å². The summed E-state index contributed by atoms with van der Waals surface area (Å²) in [6.45, 7) is 5.51. The molecule has 30 heavy (non-hydrogen) atoms. The van der Waals surface area contributed by atoms with Gasteiger partial charge in [0, 0.05) is 36.8 Å². The molecule has 0 aliphatic carbocycles. The lowest BCUT2D eigenvalue weighted by atomic mass is 10.2. The highest BCUT2D eigenvalue weighted by atomic mass is 127. The fraction of sp³-hybridized carbons (Fsp3) is 0.391. The summed E-state index contributed by atoms with van der Waals surface area (Å²) in [6, 6.07) is 20.5. The van der Waals surface area contributed by atoms with Crippen molar-refractivity contribution in [1.82, 2.24) is 15.5 Å². The minimum atomic E-state index is -0.0559. The number of guanidine groups is 1. The lowest BCUT2D eigenvalue weighted by Crippen LogP contribution is -2.41. The number of thioether (sulfide) groups is 1. The second-order valence-electron chi connectivity index (χ2n) is 7.16. The van der Waals surface area contributed by atoms with E-state index in [9.17, 15) is 4.79 Å². The molecule has 2 aromatic rings. The maximum Gasteiger partial charge on any atom is 0.242 e. The van der Waals surface area contributed by atoms with Gasteiger partial charge in [0.25, 0.3) is 0 Å². The third kappa shape index (κ3) is 8.18. The topological polar surface area (TPSA) is 56.7 Å². The molecule has 7 heteroatoms. The molecular formula is C23H31IN4OS. The number of hydrogen-bond donors (Lipinski definition) is 2. The fourth-order valence-electron chi connectivity index (χ4n) is 3.32. The molecule has 1 amide bonds. The molecule has 0 bridgehead atoms. The second kappa shape index (κ2) is 13.5. The van der Waals surface area contributed by atoms with Crippen molar-refractivity contribution in [3.8, 4) is 0 Å². The Labute approximate surface area is 201 Å². The largest absolute Gasteiger partial charge is 0.357 e. The Morgan fingerprint density at radius 1 is 1.10 bits per heavy atom. The highest BCUT2D eigenvalue weighted by Gasteiger charge is 2.25. The van der Waals surface area contributed by atoms with Crippen molar-refractivity contribution >= 4 is 47.6 Å². The van der Waals surface area contributed by atoms with E-state index in [1.807, 2.05) is 42.1 Å². The van der Waals surface area contributed by atoms with Gasteiger partial charge in [-0.15, -0.1) is 35.7 Å². The summed E-state index contributed by atoms with van der Waals surface area (Å²) in [4.78, 5) is 20.4. The molecule has 1 saturated heterocycles. The molecule has 0 saturated carbocycles. The van der Waals surface area contributed by atoms with Gasteiger partial charge in [0.15, 0.2) is 5.96 Å². The van der Waals surface area contributed by atoms with Crippen LogP contribution in [-0.4, -0.2) is 48.7 Å². The molecule has 5 nitrogen and oxygen atoms in total. The quantitative estimate of drug-likeness (QED) is 0.231.